The molecule has 1 aromatic heterocycles. The number of carbonyl (C=O) groups is 1. The average molecular weight is 207 g/mol. The average Bonchev–Trinajstić information content (AvgIpc) is 2.19. The molecular formula is C11H17N3O. The first kappa shape index (κ1) is 11.6. The number of Topliss-reactive ketones (excluding diaryl/α,β-unsaturated/α-hetero) is 1. The van der Waals surface area contributed by atoms with Gasteiger partial charge in [-0.3, -0.25) is 4.79 Å². The van der Waals surface area contributed by atoms with Crippen LogP contribution < -0.4 is 4.90 Å². The van der Waals surface area contributed by atoms with Gasteiger partial charge in [-0.25, -0.2) is 9.97 Å². The predicted molar refractivity (Wildman–Crippen MR) is 60.3 cm³/mol. The van der Waals surface area contributed by atoms with Gasteiger partial charge in [0.1, 0.15) is 0 Å². The minimum Gasteiger partial charge on any atom is -0.341 e. The molecule has 0 aliphatic heterocycles. The lowest BCUT2D eigenvalue weighted by atomic mass is 10.2. The number of hydrogen-bond donors (Lipinski definition) is 0. The van der Waals surface area contributed by atoms with Gasteiger partial charge in [0.05, 0.1) is 11.3 Å². The summed E-state index contributed by atoms with van der Waals surface area (Å²) in [7, 11) is 0. The van der Waals surface area contributed by atoms with Crippen LogP contribution in [0.25, 0.3) is 0 Å². The Bertz CT molecular complexity index is 359. The summed E-state index contributed by atoms with van der Waals surface area (Å²) in [6.45, 7) is 9.22. The van der Waals surface area contributed by atoms with Crippen LogP contribution >= 0.6 is 0 Å². The van der Waals surface area contributed by atoms with Crippen LogP contribution in [0.1, 0.15) is 36.8 Å². The molecule has 0 unspecified atom stereocenters. The van der Waals surface area contributed by atoms with E-state index >= 15 is 0 Å². The highest BCUT2D eigenvalue weighted by Gasteiger charge is 2.10. The van der Waals surface area contributed by atoms with Crippen molar-refractivity contribution in [3.05, 3.63) is 17.5 Å². The van der Waals surface area contributed by atoms with Crippen molar-refractivity contribution in [3.8, 4) is 0 Å². The first-order valence-electron chi connectivity index (χ1n) is 5.19. The molecule has 1 aromatic rings. The molecule has 4 heteroatoms. The molecule has 0 radical (unpaired) electrons. The lowest BCUT2D eigenvalue weighted by molar-refractivity contribution is 0.101. The Hall–Kier alpha value is -1.45. The van der Waals surface area contributed by atoms with Crippen molar-refractivity contribution in [2.24, 2.45) is 0 Å². The zero-order valence-electron chi connectivity index (χ0n) is 9.74. The van der Waals surface area contributed by atoms with E-state index in [1.165, 1.54) is 6.92 Å². The summed E-state index contributed by atoms with van der Waals surface area (Å²) in [6, 6.07) is 0. The molecule has 0 fully saturated rings. The van der Waals surface area contributed by atoms with E-state index in [2.05, 4.69) is 28.7 Å². The second-order valence-electron chi connectivity index (χ2n) is 3.40. The van der Waals surface area contributed by atoms with Gasteiger partial charge in [-0.15, -0.1) is 0 Å². The highest BCUT2D eigenvalue weighted by Crippen LogP contribution is 2.11. The van der Waals surface area contributed by atoms with Crippen LogP contribution in [0.2, 0.25) is 0 Å². The van der Waals surface area contributed by atoms with Crippen molar-refractivity contribution in [1.29, 1.82) is 0 Å². The molecule has 1 heterocycles. The molecule has 0 aromatic carbocycles. The summed E-state index contributed by atoms with van der Waals surface area (Å²) in [5.74, 6) is 0.709. The Balaban J connectivity index is 3.05. The Morgan fingerprint density at radius 2 is 2.00 bits per heavy atom. The number of aryl methyl sites for hydroxylation is 1. The zero-order valence-corrected chi connectivity index (χ0v) is 9.74. The maximum absolute atomic E-state index is 11.2. The Kier molecular flexibility index (Phi) is 3.77. The van der Waals surface area contributed by atoms with Gasteiger partial charge in [0.25, 0.3) is 0 Å². The second-order valence-corrected chi connectivity index (χ2v) is 3.40. The van der Waals surface area contributed by atoms with E-state index in [-0.39, 0.29) is 5.78 Å². The van der Waals surface area contributed by atoms with E-state index in [1.54, 1.807) is 6.20 Å². The summed E-state index contributed by atoms with van der Waals surface area (Å²) in [6.07, 6.45) is 1.61. The minimum atomic E-state index is 0.0126. The van der Waals surface area contributed by atoms with Crippen LogP contribution in [-0.2, 0) is 0 Å². The number of ketones is 1. The Labute approximate surface area is 90.3 Å². The van der Waals surface area contributed by atoms with Crippen LogP contribution in [0.3, 0.4) is 0 Å². The molecule has 0 atom stereocenters. The van der Waals surface area contributed by atoms with Gasteiger partial charge in [-0.05, 0) is 27.7 Å². The van der Waals surface area contributed by atoms with Gasteiger partial charge < -0.3 is 4.90 Å². The molecule has 0 amide bonds. The van der Waals surface area contributed by atoms with Crippen LogP contribution in [0.5, 0.6) is 0 Å². The summed E-state index contributed by atoms with van der Waals surface area (Å²) in [5.41, 5.74) is 1.35. The Morgan fingerprint density at radius 1 is 1.40 bits per heavy atom. The van der Waals surface area contributed by atoms with Crippen LogP contribution in [-0.4, -0.2) is 28.8 Å². The first-order chi connectivity index (χ1) is 7.10. The van der Waals surface area contributed by atoms with Crippen molar-refractivity contribution in [2.45, 2.75) is 27.7 Å². The van der Waals surface area contributed by atoms with Crippen molar-refractivity contribution in [3.63, 3.8) is 0 Å². The van der Waals surface area contributed by atoms with Gasteiger partial charge in [-0.1, -0.05) is 0 Å². The van der Waals surface area contributed by atoms with E-state index in [0.29, 0.717) is 11.5 Å². The fourth-order valence-corrected chi connectivity index (χ4v) is 1.46. The van der Waals surface area contributed by atoms with Gasteiger partial charge in [-0.2, -0.15) is 0 Å². The van der Waals surface area contributed by atoms with E-state index in [0.717, 1.165) is 18.8 Å². The molecule has 0 N–H and O–H groups in total. The van der Waals surface area contributed by atoms with Crippen molar-refractivity contribution < 1.29 is 4.79 Å². The topological polar surface area (TPSA) is 46.1 Å². The number of aromatic nitrogens is 2. The normalized spacial score (nSPS) is 10.1. The number of hydrogen-bond acceptors (Lipinski definition) is 4. The molecule has 0 saturated carbocycles. The highest BCUT2D eigenvalue weighted by atomic mass is 16.1. The minimum absolute atomic E-state index is 0.0126. The van der Waals surface area contributed by atoms with E-state index < -0.39 is 0 Å². The zero-order chi connectivity index (χ0) is 11.4. The third-order valence-electron chi connectivity index (χ3n) is 2.39. The second kappa shape index (κ2) is 4.87. The predicted octanol–water partition coefficient (Wildman–Crippen LogP) is 1.83. The third kappa shape index (κ3) is 2.52. The Morgan fingerprint density at radius 3 is 2.40 bits per heavy atom. The van der Waals surface area contributed by atoms with Gasteiger partial charge >= 0.3 is 0 Å². The first-order valence-corrected chi connectivity index (χ1v) is 5.19. The van der Waals surface area contributed by atoms with E-state index in [1.807, 2.05) is 6.92 Å². The van der Waals surface area contributed by atoms with Crippen LogP contribution in [0, 0.1) is 6.92 Å². The SMILES string of the molecule is CCN(CC)c1ncc(C(C)=O)c(C)n1. The monoisotopic (exact) mass is 207 g/mol. The molecule has 0 bridgehead atoms. The lowest BCUT2D eigenvalue weighted by Gasteiger charge is -2.18. The molecule has 0 saturated heterocycles. The largest absolute Gasteiger partial charge is 0.341 e. The van der Waals surface area contributed by atoms with Gasteiger partial charge in [0.15, 0.2) is 5.78 Å². The van der Waals surface area contributed by atoms with E-state index in [9.17, 15) is 4.79 Å². The summed E-state index contributed by atoms with van der Waals surface area (Å²) in [5, 5.41) is 0. The smallest absolute Gasteiger partial charge is 0.225 e. The quantitative estimate of drug-likeness (QED) is 0.707. The molecular weight excluding hydrogens is 190 g/mol. The fourth-order valence-electron chi connectivity index (χ4n) is 1.46. The van der Waals surface area contributed by atoms with Crippen LogP contribution in [0.4, 0.5) is 5.95 Å². The number of nitrogens with zero attached hydrogens (tertiary/aromatic N) is 3. The lowest BCUT2D eigenvalue weighted by Crippen LogP contribution is -2.24. The molecule has 4 nitrogen and oxygen atoms in total. The molecule has 0 spiro atoms. The number of anilines is 1. The van der Waals surface area contributed by atoms with Crippen molar-refractivity contribution >= 4 is 11.7 Å². The number of rotatable bonds is 4. The van der Waals surface area contributed by atoms with E-state index in [4.69, 9.17) is 0 Å². The summed E-state index contributed by atoms with van der Waals surface area (Å²) >= 11 is 0. The molecule has 1 rings (SSSR count). The third-order valence-corrected chi connectivity index (χ3v) is 2.39. The van der Waals surface area contributed by atoms with Crippen LogP contribution in [0.15, 0.2) is 6.20 Å². The van der Waals surface area contributed by atoms with Gasteiger partial charge in [0, 0.05) is 19.3 Å². The van der Waals surface area contributed by atoms with Gasteiger partial charge in [0.2, 0.25) is 5.95 Å². The standard InChI is InChI=1S/C11H17N3O/c1-5-14(6-2)11-12-7-10(9(4)15)8(3)13-11/h7H,5-6H2,1-4H3. The van der Waals surface area contributed by atoms with Crippen molar-refractivity contribution in [1.82, 2.24) is 9.97 Å². The summed E-state index contributed by atoms with van der Waals surface area (Å²) < 4.78 is 0. The fraction of sp³-hybridized carbons (Fsp3) is 0.545. The molecule has 82 valence electrons. The molecule has 15 heavy (non-hydrogen) atoms. The summed E-state index contributed by atoms with van der Waals surface area (Å²) in [4.78, 5) is 21.8. The maximum atomic E-state index is 11.2. The maximum Gasteiger partial charge on any atom is 0.225 e. The molecule has 0 aliphatic rings. The highest BCUT2D eigenvalue weighted by molar-refractivity contribution is 5.94. The molecule has 0 aliphatic carbocycles. The van der Waals surface area contributed by atoms with Crippen molar-refractivity contribution in [2.75, 3.05) is 18.0 Å². The number of carbonyl (C=O) groups excluding carboxylic acids is 1.